The van der Waals surface area contributed by atoms with Crippen LogP contribution in [0.2, 0.25) is 0 Å². The quantitative estimate of drug-likeness (QED) is 0.750. The second-order valence-corrected chi connectivity index (χ2v) is 6.21. The van der Waals surface area contributed by atoms with Gasteiger partial charge in [-0.25, -0.2) is 9.97 Å². The molecule has 1 saturated heterocycles. The fraction of sp³-hybridized carbons (Fsp3) is 0.316. The average Bonchev–Trinajstić information content (AvgIpc) is 3.35. The Bertz CT molecular complexity index is 812. The Morgan fingerprint density at radius 3 is 2.88 bits per heavy atom. The Morgan fingerprint density at radius 2 is 2.08 bits per heavy atom. The molecule has 1 aromatic carbocycles. The van der Waals surface area contributed by atoms with E-state index < -0.39 is 0 Å². The summed E-state index contributed by atoms with van der Waals surface area (Å²) in [6.07, 6.45) is 6.44. The Morgan fingerprint density at radius 1 is 1.16 bits per heavy atom. The summed E-state index contributed by atoms with van der Waals surface area (Å²) < 4.78 is 7.39. The van der Waals surface area contributed by atoms with E-state index in [0.717, 1.165) is 44.2 Å². The maximum Gasteiger partial charge on any atom is 0.129 e. The molecule has 6 heteroatoms. The van der Waals surface area contributed by atoms with Gasteiger partial charge in [-0.3, -0.25) is 4.68 Å². The largest absolute Gasteiger partial charge is 0.381 e. The standard InChI is InChI=1S/C19H21N5O/c1-2-5-16(12-24-8-3-7-23-24)15(4-1)11-20-19-10-18(21-14-22-19)17-6-9-25-13-17/h1-5,7-8,10,14,17H,6,9,11-13H2,(H,20,21,22)/t17-/m1/s1. The van der Waals surface area contributed by atoms with Gasteiger partial charge in [0, 0.05) is 37.5 Å². The summed E-state index contributed by atoms with van der Waals surface area (Å²) >= 11 is 0. The first-order chi connectivity index (χ1) is 12.4. The second kappa shape index (κ2) is 7.44. The molecule has 3 heterocycles. The number of benzene rings is 1. The van der Waals surface area contributed by atoms with E-state index in [4.69, 9.17) is 4.74 Å². The highest BCUT2D eigenvalue weighted by Crippen LogP contribution is 2.24. The lowest BCUT2D eigenvalue weighted by atomic mass is 10.0. The van der Waals surface area contributed by atoms with E-state index in [9.17, 15) is 0 Å². The van der Waals surface area contributed by atoms with Crippen LogP contribution < -0.4 is 5.32 Å². The molecule has 6 nitrogen and oxygen atoms in total. The number of ether oxygens (including phenoxy) is 1. The minimum atomic E-state index is 0.385. The number of hydrogen-bond acceptors (Lipinski definition) is 5. The van der Waals surface area contributed by atoms with Gasteiger partial charge in [-0.15, -0.1) is 0 Å². The van der Waals surface area contributed by atoms with Crippen LogP contribution in [0.1, 0.15) is 29.2 Å². The molecular formula is C19H21N5O. The van der Waals surface area contributed by atoms with Crippen molar-refractivity contribution in [3.8, 4) is 0 Å². The molecule has 0 saturated carbocycles. The van der Waals surface area contributed by atoms with E-state index in [1.807, 2.05) is 23.0 Å². The Kier molecular flexibility index (Phi) is 4.70. The van der Waals surface area contributed by atoms with E-state index in [2.05, 4.69) is 44.6 Å². The summed E-state index contributed by atoms with van der Waals surface area (Å²) in [5.74, 6) is 1.24. The minimum Gasteiger partial charge on any atom is -0.381 e. The van der Waals surface area contributed by atoms with Crippen LogP contribution in [0.25, 0.3) is 0 Å². The van der Waals surface area contributed by atoms with Crippen LogP contribution in [0.3, 0.4) is 0 Å². The SMILES string of the molecule is c1ccc(Cn2cccn2)c(CNc2cc([C@@H]3CCOC3)ncn2)c1. The number of anilines is 1. The molecule has 2 aromatic heterocycles. The van der Waals surface area contributed by atoms with Crippen molar-refractivity contribution in [2.24, 2.45) is 0 Å². The third kappa shape index (κ3) is 3.85. The van der Waals surface area contributed by atoms with Gasteiger partial charge in [0.05, 0.1) is 18.8 Å². The van der Waals surface area contributed by atoms with Crippen LogP contribution in [-0.4, -0.2) is 33.0 Å². The van der Waals surface area contributed by atoms with E-state index in [1.165, 1.54) is 11.1 Å². The first-order valence-electron chi connectivity index (χ1n) is 8.56. The molecule has 0 spiro atoms. The van der Waals surface area contributed by atoms with Gasteiger partial charge in [-0.2, -0.15) is 5.10 Å². The monoisotopic (exact) mass is 335 g/mol. The van der Waals surface area contributed by atoms with E-state index in [0.29, 0.717) is 5.92 Å². The molecule has 1 fully saturated rings. The van der Waals surface area contributed by atoms with Crippen LogP contribution in [0, 0.1) is 0 Å². The van der Waals surface area contributed by atoms with Crippen molar-refractivity contribution in [2.45, 2.75) is 25.4 Å². The molecule has 0 bridgehead atoms. The van der Waals surface area contributed by atoms with Gasteiger partial charge in [-0.1, -0.05) is 24.3 Å². The molecule has 1 atom stereocenters. The fourth-order valence-electron chi connectivity index (χ4n) is 3.10. The van der Waals surface area contributed by atoms with Crippen LogP contribution >= 0.6 is 0 Å². The number of hydrogen-bond donors (Lipinski definition) is 1. The third-order valence-corrected chi connectivity index (χ3v) is 4.51. The van der Waals surface area contributed by atoms with Gasteiger partial charge in [0.2, 0.25) is 0 Å². The molecule has 3 aromatic rings. The van der Waals surface area contributed by atoms with E-state index >= 15 is 0 Å². The normalized spacial score (nSPS) is 16.9. The first kappa shape index (κ1) is 15.8. The molecular weight excluding hydrogens is 314 g/mol. The van der Waals surface area contributed by atoms with Crippen molar-refractivity contribution in [3.63, 3.8) is 0 Å². The molecule has 4 rings (SSSR count). The molecule has 128 valence electrons. The number of nitrogens with zero attached hydrogens (tertiary/aromatic N) is 4. The van der Waals surface area contributed by atoms with Gasteiger partial charge in [0.1, 0.15) is 12.1 Å². The van der Waals surface area contributed by atoms with Crippen LogP contribution in [0.15, 0.2) is 55.1 Å². The average molecular weight is 335 g/mol. The maximum atomic E-state index is 5.46. The smallest absolute Gasteiger partial charge is 0.129 e. The summed E-state index contributed by atoms with van der Waals surface area (Å²) in [6, 6.07) is 12.4. The van der Waals surface area contributed by atoms with Gasteiger partial charge < -0.3 is 10.1 Å². The van der Waals surface area contributed by atoms with Gasteiger partial charge in [-0.05, 0) is 23.6 Å². The molecule has 1 aliphatic rings. The topological polar surface area (TPSA) is 64.9 Å². The van der Waals surface area contributed by atoms with E-state index in [-0.39, 0.29) is 0 Å². The lowest BCUT2D eigenvalue weighted by Crippen LogP contribution is -2.09. The first-order valence-corrected chi connectivity index (χ1v) is 8.56. The van der Waals surface area contributed by atoms with Crippen LogP contribution in [0.4, 0.5) is 5.82 Å². The maximum absolute atomic E-state index is 5.46. The van der Waals surface area contributed by atoms with Crippen molar-refractivity contribution in [1.82, 2.24) is 19.7 Å². The van der Waals surface area contributed by atoms with Crippen molar-refractivity contribution in [1.29, 1.82) is 0 Å². The molecule has 1 aliphatic heterocycles. The van der Waals surface area contributed by atoms with Crippen LogP contribution in [-0.2, 0) is 17.8 Å². The van der Waals surface area contributed by atoms with Crippen LogP contribution in [0.5, 0.6) is 0 Å². The molecule has 25 heavy (non-hydrogen) atoms. The zero-order valence-corrected chi connectivity index (χ0v) is 14.0. The Labute approximate surface area is 146 Å². The summed E-state index contributed by atoms with van der Waals surface area (Å²) in [5.41, 5.74) is 3.54. The van der Waals surface area contributed by atoms with Gasteiger partial charge in [0.25, 0.3) is 0 Å². The zero-order chi connectivity index (χ0) is 16.9. The number of nitrogens with one attached hydrogen (secondary N) is 1. The van der Waals surface area contributed by atoms with E-state index in [1.54, 1.807) is 12.5 Å². The summed E-state index contributed by atoms with van der Waals surface area (Å²) in [4.78, 5) is 8.75. The lowest BCUT2D eigenvalue weighted by molar-refractivity contribution is 0.193. The molecule has 0 aliphatic carbocycles. The van der Waals surface area contributed by atoms with Crippen molar-refractivity contribution < 1.29 is 4.74 Å². The fourth-order valence-corrected chi connectivity index (χ4v) is 3.10. The zero-order valence-electron chi connectivity index (χ0n) is 14.0. The molecule has 0 unspecified atom stereocenters. The highest BCUT2D eigenvalue weighted by atomic mass is 16.5. The minimum absolute atomic E-state index is 0.385. The van der Waals surface area contributed by atoms with Crippen molar-refractivity contribution in [2.75, 3.05) is 18.5 Å². The molecule has 1 N–H and O–H groups in total. The second-order valence-electron chi connectivity index (χ2n) is 6.21. The Hall–Kier alpha value is -2.73. The molecule has 0 radical (unpaired) electrons. The predicted octanol–water partition coefficient (Wildman–Crippen LogP) is 2.84. The van der Waals surface area contributed by atoms with Gasteiger partial charge >= 0.3 is 0 Å². The van der Waals surface area contributed by atoms with Crippen molar-refractivity contribution >= 4 is 5.82 Å². The highest BCUT2D eigenvalue weighted by molar-refractivity contribution is 5.38. The van der Waals surface area contributed by atoms with Crippen molar-refractivity contribution in [3.05, 3.63) is 71.9 Å². The predicted molar refractivity (Wildman–Crippen MR) is 95.3 cm³/mol. The van der Waals surface area contributed by atoms with Gasteiger partial charge in [0.15, 0.2) is 0 Å². The summed E-state index contributed by atoms with van der Waals surface area (Å²) in [6.45, 7) is 3.05. The number of rotatable bonds is 6. The summed E-state index contributed by atoms with van der Waals surface area (Å²) in [7, 11) is 0. The summed E-state index contributed by atoms with van der Waals surface area (Å²) in [5, 5.41) is 7.71. The highest BCUT2D eigenvalue weighted by Gasteiger charge is 2.19. The third-order valence-electron chi connectivity index (χ3n) is 4.51. The Balaban J connectivity index is 1.45. The lowest BCUT2D eigenvalue weighted by Gasteiger charge is -2.12. The molecule has 0 amide bonds. The number of aromatic nitrogens is 4.